The number of unbranched alkanes of at least 4 members (excludes halogenated alkanes) is 1. The normalized spacial score (nSPS) is 10.3. The predicted molar refractivity (Wildman–Crippen MR) is 70.5 cm³/mol. The summed E-state index contributed by atoms with van der Waals surface area (Å²) in [5.41, 5.74) is 3.74. The van der Waals surface area contributed by atoms with Gasteiger partial charge in [-0.15, -0.1) is 0 Å². The number of thiocarbonyl (C=S) groups is 1. The molecule has 16 heavy (non-hydrogen) atoms. The van der Waals surface area contributed by atoms with Gasteiger partial charge in [0.05, 0.1) is 6.21 Å². The number of hydrogen-bond acceptors (Lipinski definition) is 3. The second-order valence-corrected chi connectivity index (χ2v) is 3.67. The van der Waals surface area contributed by atoms with Gasteiger partial charge in [-0.1, -0.05) is 13.3 Å². The van der Waals surface area contributed by atoms with Gasteiger partial charge in [0.25, 0.3) is 0 Å². The molecule has 4 nitrogen and oxygen atoms in total. The van der Waals surface area contributed by atoms with Crippen LogP contribution in [0.3, 0.4) is 0 Å². The van der Waals surface area contributed by atoms with E-state index >= 15 is 0 Å². The van der Waals surface area contributed by atoms with E-state index in [0.717, 1.165) is 24.9 Å². The van der Waals surface area contributed by atoms with Gasteiger partial charge in [0.1, 0.15) is 0 Å². The molecule has 0 bridgehead atoms. The molecule has 0 radical (unpaired) electrons. The topological polar surface area (TPSA) is 49.3 Å². The fourth-order valence-electron chi connectivity index (χ4n) is 1.03. The molecule has 0 fully saturated rings. The SMILES string of the molecule is CCCCNC(=S)NN=Cc1ccncc1. The van der Waals surface area contributed by atoms with Crippen LogP contribution in [0.25, 0.3) is 0 Å². The third-order valence-corrected chi connectivity index (χ3v) is 2.14. The van der Waals surface area contributed by atoms with Crippen LogP contribution in [-0.4, -0.2) is 22.9 Å². The van der Waals surface area contributed by atoms with Crippen molar-refractivity contribution in [3.05, 3.63) is 30.1 Å². The van der Waals surface area contributed by atoms with E-state index in [4.69, 9.17) is 12.2 Å². The number of nitrogens with zero attached hydrogens (tertiary/aromatic N) is 2. The summed E-state index contributed by atoms with van der Waals surface area (Å²) in [7, 11) is 0. The first kappa shape index (κ1) is 12.6. The number of hydrazone groups is 1. The average Bonchev–Trinajstić information content (AvgIpc) is 2.31. The van der Waals surface area contributed by atoms with Gasteiger partial charge in [-0.25, -0.2) is 0 Å². The fraction of sp³-hybridized carbons (Fsp3) is 0.364. The monoisotopic (exact) mass is 236 g/mol. The Balaban J connectivity index is 2.24. The van der Waals surface area contributed by atoms with E-state index in [2.05, 4.69) is 27.8 Å². The molecule has 1 heterocycles. The Morgan fingerprint density at radius 3 is 2.94 bits per heavy atom. The predicted octanol–water partition coefficient (Wildman–Crippen LogP) is 1.68. The lowest BCUT2D eigenvalue weighted by atomic mass is 10.3. The summed E-state index contributed by atoms with van der Waals surface area (Å²) in [5.74, 6) is 0. The quantitative estimate of drug-likeness (QED) is 0.353. The van der Waals surface area contributed by atoms with Gasteiger partial charge in [0.15, 0.2) is 5.11 Å². The van der Waals surface area contributed by atoms with Gasteiger partial charge in [-0.05, 0) is 36.3 Å². The van der Waals surface area contributed by atoms with Gasteiger partial charge in [-0.2, -0.15) is 5.10 Å². The minimum Gasteiger partial charge on any atom is -0.361 e. The molecule has 0 aliphatic carbocycles. The van der Waals surface area contributed by atoms with E-state index in [1.165, 1.54) is 0 Å². The van der Waals surface area contributed by atoms with E-state index in [1.54, 1.807) is 18.6 Å². The highest BCUT2D eigenvalue weighted by molar-refractivity contribution is 7.80. The Bertz CT molecular complexity index is 337. The van der Waals surface area contributed by atoms with Crippen molar-refractivity contribution in [2.45, 2.75) is 19.8 Å². The van der Waals surface area contributed by atoms with E-state index in [1.807, 2.05) is 12.1 Å². The highest BCUT2D eigenvalue weighted by Crippen LogP contribution is 1.90. The minimum atomic E-state index is 0.554. The van der Waals surface area contributed by atoms with Crippen molar-refractivity contribution in [2.24, 2.45) is 5.10 Å². The van der Waals surface area contributed by atoms with E-state index in [-0.39, 0.29) is 0 Å². The zero-order valence-corrected chi connectivity index (χ0v) is 10.1. The van der Waals surface area contributed by atoms with E-state index in [9.17, 15) is 0 Å². The maximum atomic E-state index is 5.03. The molecule has 0 unspecified atom stereocenters. The lowest BCUT2D eigenvalue weighted by molar-refractivity contribution is 0.745. The van der Waals surface area contributed by atoms with Crippen molar-refractivity contribution < 1.29 is 0 Å². The molecular formula is C11H16N4S. The zero-order valence-electron chi connectivity index (χ0n) is 9.31. The molecule has 0 atom stereocenters. The molecule has 0 amide bonds. The second kappa shape index (κ2) is 7.76. The van der Waals surface area contributed by atoms with E-state index < -0.39 is 0 Å². The largest absolute Gasteiger partial charge is 0.361 e. The smallest absolute Gasteiger partial charge is 0.186 e. The van der Waals surface area contributed by atoms with Gasteiger partial charge in [-0.3, -0.25) is 10.4 Å². The Labute approximate surface area is 101 Å². The van der Waals surface area contributed by atoms with Gasteiger partial charge >= 0.3 is 0 Å². The lowest BCUT2D eigenvalue weighted by Crippen LogP contribution is -2.32. The number of rotatable bonds is 5. The van der Waals surface area contributed by atoms with Gasteiger partial charge in [0.2, 0.25) is 0 Å². The van der Waals surface area contributed by atoms with Crippen molar-refractivity contribution in [1.82, 2.24) is 15.7 Å². The lowest BCUT2D eigenvalue weighted by Gasteiger charge is -2.05. The molecule has 0 saturated heterocycles. The molecule has 0 aliphatic heterocycles. The van der Waals surface area contributed by atoms with Crippen LogP contribution in [0.1, 0.15) is 25.3 Å². The third kappa shape index (κ3) is 5.41. The summed E-state index contributed by atoms with van der Waals surface area (Å²) in [6.45, 7) is 3.02. The van der Waals surface area contributed by atoms with Crippen LogP contribution in [0, 0.1) is 0 Å². The Morgan fingerprint density at radius 1 is 1.50 bits per heavy atom. The number of nitrogens with one attached hydrogen (secondary N) is 2. The molecule has 0 aliphatic rings. The Hall–Kier alpha value is -1.49. The Kier molecular flexibility index (Phi) is 6.10. The summed E-state index contributed by atoms with van der Waals surface area (Å²) < 4.78 is 0. The standard InChI is InChI=1S/C11H16N4S/c1-2-3-6-13-11(16)15-14-9-10-4-7-12-8-5-10/h4-5,7-9H,2-3,6H2,1H3,(H2,13,15,16). The highest BCUT2D eigenvalue weighted by Gasteiger charge is 1.90. The van der Waals surface area contributed by atoms with Gasteiger partial charge in [0, 0.05) is 18.9 Å². The van der Waals surface area contributed by atoms with Crippen molar-refractivity contribution >= 4 is 23.5 Å². The molecule has 86 valence electrons. The zero-order chi connectivity index (χ0) is 11.6. The number of pyridine rings is 1. The van der Waals surface area contributed by atoms with Crippen LogP contribution in [0.4, 0.5) is 0 Å². The van der Waals surface area contributed by atoms with Crippen LogP contribution < -0.4 is 10.7 Å². The fourth-order valence-corrected chi connectivity index (χ4v) is 1.19. The molecule has 2 N–H and O–H groups in total. The molecule has 1 rings (SSSR count). The van der Waals surface area contributed by atoms with Crippen LogP contribution in [0.2, 0.25) is 0 Å². The van der Waals surface area contributed by atoms with E-state index in [0.29, 0.717) is 5.11 Å². The van der Waals surface area contributed by atoms with Gasteiger partial charge < -0.3 is 5.32 Å². The first-order valence-corrected chi connectivity index (χ1v) is 5.70. The van der Waals surface area contributed by atoms with Crippen molar-refractivity contribution in [1.29, 1.82) is 0 Å². The summed E-state index contributed by atoms with van der Waals surface area (Å²) in [6.07, 6.45) is 7.40. The Morgan fingerprint density at radius 2 is 2.25 bits per heavy atom. The molecule has 1 aromatic heterocycles. The molecule has 0 spiro atoms. The molecule has 0 saturated carbocycles. The summed E-state index contributed by atoms with van der Waals surface area (Å²) >= 11 is 5.03. The highest BCUT2D eigenvalue weighted by atomic mass is 32.1. The first-order chi connectivity index (χ1) is 7.83. The van der Waals surface area contributed by atoms with Crippen molar-refractivity contribution in [2.75, 3.05) is 6.54 Å². The summed E-state index contributed by atoms with van der Waals surface area (Å²) in [6, 6.07) is 3.75. The molecule has 5 heteroatoms. The molecular weight excluding hydrogens is 220 g/mol. The molecule has 1 aromatic rings. The van der Waals surface area contributed by atoms with Crippen LogP contribution in [0.15, 0.2) is 29.6 Å². The summed E-state index contributed by atoms with van der Waals surface area (Å²) in [4.78, 5) is 3.92. The number of aromatic nitrogens is 1. The van der Waals surface area contributed by atoms with Crippen LogP contribution in [-0.2, 0) is 0 Å². The van der Waals surface area contributed by atoms with Crippen molar-refractivity contribution in [3.63, 3.8) is 0 Å². The molecule has 0 aromatic carbocycles. The minimum absolute atomic E-state index is 0.554. The maximum Gasteiger partial charge on any atom is 0.186 e. The average molecular weight is 236 g/mol. The van der Waals surface area contributed by atoms with Crippen LogP contribution in [0.5, 0.6) is 0 Å². The number of hydrogen-bond donors (Lipinski definition) is 2. The second-order valence-electron chi connectivity index (χ2n) is 3.26. The van der Waals surface area contributed by atoms with Crippen molar-refractivity contribution in [3.8, 4) is 0 Å². The maximum absolute atomic E-state index is 5.03. The summed E-state index contributed by atoms with van der Waals surface area (Å²) in [5, 5.41) is 7.63. The first-order valence-electron chi connectivity index (χ1n) is 5.30. The third-order valence-electron chi connectivity index (χ3n) is 1.90. The van der Waals surface area contributed by atoms with Crippen LogP contribution >= 0.6 is 12.2 Å².